The SMILES string of the molecule is Cc1ccc(-c2ccc(-c3c(C#N)ccc4c3oc3c(-c5cc(C(C)(C)C)c(F)c[n+]5C)c(C)ccc34)cc2)cc1. The monoisotopic (exact) mass is 539 g/mol. The summed E-state index contributed by atoms with van der Waals surface area (Å²) >= 11 is 0. The van der Waals surface area contributed by atoms with Crippen molar-refractivity contribution < 1.29 is 13.4 Å². The molecule has 2 aromatic heterocycles. The van der Waals surface area contributed by atoms with Crippen molar-refractivity contribution in [3.63, 3.8) is 0 Å². The first kappa shape index (κ1) is 26.5. The largest absolute Gasteiger partial charge is 0.454 e. The summed E-state index contributed by atoms with van der Waals surface area (Å²) < 4.78 is 23.6. The third-order valence-corrected chi connectivity index (χ3v) is 7.99. The zero-order chi connectivity index (χ0) is 29.1. The van der Waals surface area contributed by atoms with Gasteiger partial charge in [0.05, 0.1) is 17.2 Å². The number of hydrogen-bond acceptors (Lipinski definition) is 2. The highest BCUT2D eigenvalue weighted by Crippen LogP contribution is 2.42. The molecule has 6 aromatic rings. The van der Waals surface area contributed by atoms with Gasteiger partial charge in [0.1, 0.15) is 18.2 Å². The molecule has 0 saturated heterocycles. The lowest BCUT2D eigenvalue weighted by molar-refractivity contribution is -0.662. The molecule has 41 heavy (non-hydrogen) atoms. The molecule has 3 nitrogen and oxygen atoms in total. The van der Waals surface area contributed by atoms with Gasteiger partial charge in [0, 0.05) is 28.0 Å². The topological polar surface area (TPSA) is 40.8 Å². The lowest BCUT2D eigenvalue weighted by Gasteiger charge is -2.19. The number of furan rings is 1. The summed E-state index contributed by atoms with van der Waals surface area (Å²) in [4.78, 5) is 0. The van der Waals surface area contributed by atoms with Gasteiger partial charge in [-0.25, -0.2) is 4.39 Å². The smallest absolute Gasteiger partial charge is 0.216 e. The summed E-state index contributed by atoms with van der Waals surface area (Å²) in [6.45, 7) is 10.2. The molecular weight excluding hydrogens is 507 g/mol. The van der Waals surface area contributed by atoms with E-state index in [-0.39, 0.29) is 11.2 Å². The predicted molar refractivity (Wildman–Crippen MR) is 164 cm³/mol. The van der Waals surface area contributed by atoms with Crippen molar-refractivity contribution in [2.75, 3.05) is 0 Å². The minimum absolute atomic E-state index is 0.229. The number of pyridine rings is 1. The fourth-order valence-electron chi connectivity index (χ4n) is 5.72. The Labute approximate surface area is 240 Å². The van der Waals surface area contributed by atoms with E-state index in [1.165, 1.54) is 5.56 Å². The van der Waals surface area contributed by atoms with Crippen LogP contribution >= 0.6 is 0 Å². The van der Waals surface area contributed by atoms with Crippen molar-refractivity contribution in [2.24, 2.45) is 7.05 Å². The van der Waals surface area contributed by atoms with Crippen molar-refractivity contribution in [2.45, 2.75) is 40.0 Å². The number of nitriles is 1. The fourth-order valence-corrected chi connectivity index (χ4v) is 5.72. The first-order chi connectivity index (χ1) is 19.6. The second-order valence-corrected chi connectivity index (χ2v) is 11.9. The van der Waals surface area contributed by atoms with Crippen LogP contribution in [0, 0.1) is 31.0 Å². The second kappa shape index (κ2) is 9.71. The van der Waals surface area contributed by atoms with Crippen LogP contribution in [0.4, 0.5) is 4.39 Å². The van der Waals surface area contributed by atoms with Crippen molar-refractivity contribution in [1.29, 1.82) is 5.26 Å². The Morgan fingerprint density at radius 2 is 1.32 bits per heavy atom. The Kier molecular flexibility index (Phi) is 6.27. The average Bonchev–Trinajstić information content (AvgIpc) is 3.31. The van der Waals surface area contributed by atoms with Crippen molar-refractivity contribution in [3.05, 3.63) is 113 Å². The average molecular weight is 540 g/mol. The molecule has 0 atom stereocenters. The first-order valence-electron chi connectivity index (χ1n) is 13.8. The van der Waals surface area contributed by atoms with Gasteiger partial charge in [-0.05, 0) is 53.6 Å². The molecule has 4 aromatic carbocycles. The third kappa shape index (κ3) is 4.48. The first-order valence-corrected chi connectivity index (χ1v) is 13.8. The van der Waals surface area contributed by atoms with E-state index < -0.39 is 0 Å². The summed E-state index contributed by atoms with van der Waals surface area (Å²) in [6, 6.07) is 29.1. The number of aromatic nitrogens is 1. The van der Waals surface area contributed by atoms with E-state index in [4.69, 9.17) is 4.42 Å². The van der Waals surface area contributed by atoms with Crippen LogP contribution in [0.25, 0.3) is 55.4 Å². The van der Waals surface area contributed by atoms with Crippen molar-refractivity contribution >= 4 is 21.9 Å². The van der Waals surface area contributed by atoms with Crippen LogP contribution in [0.2, 0.25) is 0 Å². The Hall–Kier alpha value is -4.75. The normalized spacial score (nSPS) is 11.8. The van der Waals surface area contributed by atoms with Gasteiger partial charge in [0.15, 0.2) is 5.82 Å². The Bertz CT molecular complexity index is 2000. The lowest BCUT2D eigenvalue weighted by Crippen LogP contribution is -2.33. The quantitative estimate of drug-likeness (QED) is 0.210. The number of halogens is 1. The molecule has 202 valence electrons. The molecule has 0 unspecified atom stereocenters. The van der Waals surface area contributed by atoms with Gasteiger partial charge in [-0.1, -0.05) is 87.0 Å². The summed E-state index contributed by atoms with van der Waals surface area (Å²) in [7, 11) is 1.86. The zero-order valence-corrected chi connectivity index (χ0v) is 24.3. The van der Waals surface area contributed by atoms with Gasteiger partial charge >= 0.3 is 0 Å². The molecule has 0 saturated carbocycles. The van der Waals surface area contributed by atoms with E-state index in [0.717, 1.165) is 55.4 Å². The highest BCUT2D eigenvalue weighted by molar-refractivity contribution is 6.14. The number of aryl methyl sites for hydroxylation is 3. The van der Waals surface area contributed by atoms with E-state index in [0.29, 0.717) is 16.7 Å². The van der Waals surface area contributed by atoms with Gasteiger partial charge in [-0.15, -0.1) is 0 Å². The minimum atomic E-state index is -0.359. The predicted octanol–water partition coefficient (Wildman–Crippen LogP) is 9.34. The van der Waals surface area contributed by atoms with Crippen molar-refractivity contribution in [3.8, 4) is 39.6 Å². The van der Waals surface area contributed by atoms with Crippen LogP contribution in [0.5, 0.6) is 0 Å². The molecule has 0 N–H and O–H groups in total. The number of nitrogens with zero attached hydrogens (tertiary/aromatic N) is 2. The number of fused-ring (bicyclic) bond motifs is 3. The van der Waals surface area contributed by atoms with Gasteiger partial charge in [-0.3, -0.25) is 0 Å². The van der Waals surface area contributed by atoms with Gasteiger partial charge in [-0.2, -0.15) is 9.83 Å². The molecule has 2 heterocycles. The van der Waals surface area contributed by atoms with E-state index in [1.54, 1.807) is 6.20 Å². The van der Waals surface area contributed by atoms with Crippen molar-refractivity contribution in [1.82, 2.24) is 0 Å². The van der Waals surface area contributed by atoms with Gasteiger partial charge in [0.25, 0.3) is 0 Å². The molecule has 0 aliphatic rings. The fraction of sp³-hybridized carbons (Fsp3) is 0.189. The molecule has 0 amide bonds. The summed E-state index contributed by atoms with van der Waals surface area (Å²) in [5, 5.41) is 12.0. The molecule has 0 spiro atoms. The van der Waals surface area contributed by atoms with E-state index in [9.17, 15) is 5.26 Å². The van der Waals surface area contributed by atoms with Crippen LogP contribution in [0.3, 0.4) is 0 Å². The van der Waals surface area contributed by atoms with Gasteiger partial charge < -0.3 is 4.42 Å². The highest BCUT2D eigenvalue weighted by Gasteiger charge is 2.28. The maximum absolute atomic E-state index is 15.0. The molecule has 0 aliphatic heterocycles. The van der Waals surface area contributed by atoms with E-state index >= 15 is 4.39 Å². The maximum Gasteiger partial charge on any atom is 0.216 e. The summed E-state index contributed by atoms with van der Waals surface area (Å²) in [5.74, 6) is -0.229. The molecule has 4 heteroatoms. The van der Waals surface area contributed by atoms with Crippen LogP contribution in [0.15, 0.2) is 89.5 Å². The van der Waals surface area contributed by atoms with E-state index in [2.05, 4.69) is 73.7 Å². The highest BCUT2D eigenvalue weighted by atomic mass is 19.1. The Morgan fingerprint density at radius 1 is 0.756 bits per heavy atom. The Balaban J connectivity index is 1.59. The molecule has 0 fully saturated rings. The van der Waals surface area contributed by atoms with Gasteiger partial charge in [0.2, 0.25) is 11.9 Å². The maximum atomic E-state index is 15.0. The molecule has 6 rings (SSSR count). The van der Waals surface area contributed by atoms with E-state index in [1.807, 2.05) is 57.5 Å². The Morgan fingerprint density at radius 3 is 1.93 bits per heavy atom. The standard InChI is InChI=1S/C37H32FN2O/c1-22-7-10-24(11-8-22)25-12-14-26(15-13-25)34-27(20-39)16-18-29-28-17-9-23(2)33(35(28)41-36(29)34)32-19-30(37(3,4)5)31(38)21-40(32)6/h7-19,21H,1-6H3/q+1. The second-order valence-electron chi connectivity index (χ2n) is 11.9. The molecular formula is C37H32FN2O+. The third-order valence-electron chi connectivity index (χ3n) is 7.99. The number of hydrogen-bond donors (Lipinski definition) is 0. The zero-order valence-electron chi connectivity index (χ0n) is 24.3. The number of rotatable bonds is 3. The summed E-state index contributed by atoms with van der Waals surface area (Å²) in [6.07, 6.45) is 1.55. The van der Waals surface area contributed by atoms with Crippen LogP contribution < -0.4 is 4.57 Å². The molecule has 0 radical (unpaired) electrons. The van der Waals surface area contributed by atoms with Crippen LogP contribution in [-0.4, -0.2) is 0 Å². The lowest BCUT2D eigenvalue weighted by atomic mass is 9.86. The molecule has 0 aliphatic carbocycles. The summed E-state index contributed by atoms with van der Waals surface area (Å²) in [5.41, 5.74) is 10.3. The number of benzene rings is 4. The molecule has 0 bridgehead atoms. The van der Waals surface area contributed by atoms with Crippen LogP contribution in [0.1, 0.15) is 43.0 Å². The minimum Gasteiger partial charge on any atom is -0.454 e. The van der Waals surface area contributed by atoms with Crippen LogP contribution in [-0.2, 0) is 12.5 Å².